The van der Waals surface area contributed by atoms with E-state index in [0.29, 0.717) is 0 Å². The zero-order valence-electron chi connectivity index (χ0n) is 20.3. The van der Waals surface area contributed by atoms with Gasteiger partial charge in [-0.05, 0) is 94.0 Å². The molecule has 180 valence electrons. The van der Waals surface area contributed by atoms with Crippen molar-refractivity contribution in [2.24, 2.45) is 7.05 Å². The minimum atomic E-state index is 0. The van der Waals surface area contributed by atoms with Crippen LogP contribution in [0.3, 0.4) is 0 Å². The summed E-state index contributed by atoms with van der Waals surface area (Å²) < 4.78 is 2.46. The van der Waals surface area contributed by atoms with E-state index < -0.39 is 0 Å². The number of likely N-dealkylation sites (tertiary alicyclic amines) is 1. The van der Waals surface area contributed by atoms with E-state index in [4.69, 9.17) is 0 Å². The van der Waals surface area contributed by atoms with Crippen LogP contribution >= 0.6 is 24.8 Å². The van der Waals surface area contributed by atoms with Crippen molar-refractivity contribution in [3.8, 4) is 0 Å². The lowest BCUT2D eigenvalue weighted by atomic mass is 9.89. The number of hydrogen-bond acceptors (Lipinski definition) is 2. The zero-order chi connectivity index (χ0) is 21.4. The summed E-state index contributed by atoms with van der Waals surface area (Å²) in [6, 6.07) is 17.0. The van der Waals surface area contributed by atoms with E-state index >= 15 is 0 Å². The Bertz CT molecular complexity index is 1060. The number of para-hydroxylation sites is 1. The maximum atomic E-state index is 2.68. The van der Waals surface area contributed by atoms with Crippen LogP contribution in [0.5, 0.6) is 0 Å². The maximum Gasteiger partial charge on any atom is 0.0483 e. The van der Waals surface area contributed by atoms with Crippen LogP contribution in [-0.2, 0) is 32.9 Å². The molecular weight excluding hydrogens is 449 g/mol. The Kier molecular flexibility index (Phi) is 8.91. The van der Waals surface area contributed by atoms with Gasteiger partial charge in [-0.2, -0.15) is 0 Å². The SMILES string of the molecule is CN(C)C1CCN(Cc2c(Cc3ccc4c(c3)CCCC4)n(C)c3ccccc23)CC1.Cl.Cl. The first-order valence-corrected chi connectivity index (χ1v) is 12.1. The van der Waals surface area contributed by atoms with Gasteiger partial charge in [-0.3, -0.25) is 4.90 Å². The molecule has 1 fully saturated rings. The molecule has 33 heavy (non-hydrogen) atoms. The van der Waals surface area contributed by atoms with Crippen LogP contribution in [0.2, 0.25) is 0 Å². The predicted molar refractivity (Wildman–Crippen MR) is 145 cm³/mol. The number of halogens is 2. The number of aryl methyl sites for hydroxylation is 3. The van der Waals surface area contributed by atoms with Crippen LogP contribution < -0.4 is 0 Å². The molecule has 0 bridgehead atoms. The third kappa shape index (κ3) is 5.43. The van der Waals surface area contributed by atoms with Gasteiger partial charge >= 0.3 is 0 Å². The lowest BCUT2D eigenvalue weighted by molar-refractivity contribution is 0.140. The number of rotatable bonds is 5. The van der Waals surface area contributed by atoms with Crippen LogP contribution in [0.4, 0.5) is 0 Å². The number of fused-ring (bicyclic) bond motifs is 2. The van der Waals surface area contributed by atoms with Gasteiger partial charge in [0.05, 0.1) is 0 Å². The van der Waals surface area contributed by atoms with E-state index in [0.717, 1.165) is 19.0 Å². The fourth-order valence-electron chi connectivity index (χ4n) is 5.83. The Hall–Kier alpha value is -1.52. The van der Waals surface area contributed by atoms with Crippen molar-refractivity contribution in [3.63, 3.8) is 0 Å². The van der Waals surface area contributed by atoms with E-state index in [1.54, 1.807) is 16.7 Å². The predicted octanol–water partition coefficient (Wildman–Crippen LogP) is 6.02. The second-order valence-electron chi connectivity index (χ2n) is 9.96. The Morgan fingerprint density at radius 3 is 2.33 bits per heavy atom. The number of piperidine rings is 1. The molecule has 0 radical (unpaired) electrons. The highest BCUT2D eigenvalue weighted by molar-refractivity contribution is 5.86. The minimum Gasteiger partial charge on any atom is -0.347 e. The van der Waals surface area contributed by atoms with Crippen molar-refractivity contribution in [1.29, 1.82) is 0 Å². The summed E-state index contributed by atoms with van der Waals surface area (Å²) in [6.07, 6.45) is 8.80. The molecule has 1 saturated heterocycles. The fraction of sp³-hybridized carbons (Fsp3) is 0.500. The third-order valence-corrected chi connectivity index (χ3v) is 7.80. The molecule has 0 unspecified atom stereocenters. The van der Waals surface area contributed by atoms with Gasteiger partial charge in [0.25, 0.3) is 0 Å². The summed E-state index contributed by atoms with van der Waals surface area (Å²) in [5.41, 5.74) is 9.05. The molecule has 5 rings (SSSR count). The van der Waals surface area contributed by atoms with Crippen LogP contribution in [0, 0.1) is 0 Å². The lowest BCUT2D eigenvalue weighted by Crippen LogP contribution is -2.41. The fourth-order valence-corrected chi connectivity index (χ4v) is 5.83. The van der Waals surface area contributed by atoms with Crippen LogP contribution in [0.15, 0.2) is 42.5 Å². The van der Waals surface area contributed by atoms with E-state index in [9.17, 15) is 0 Å². The summed E-state index contributed by atoms with van der Waals surface area (Å²) in [4.78, 5) is 5.08. The van der Waals surface area contributed by atoms with Crippen molar-refractivity contribution < 1.29 is 0 Å². The smallest absolute Gasteiger partial charge is 0.0483 e. The molecule has 0 spiro atoms. The van der Waals surface area contributed by atoms with E-state index in [1.807, 2.05) is 0 Å². The molecule has 0 amide bonds. The van der Waals surface area contributed by atoms with Gasteiger partial charge in [0.1, 0.15) is 0 Å². The van der Waals surface area contributed by atoms with Crippen molar-refractivity contribution >= 4 is 35.7 Å². The Morgan fingerprint density at radius 2 is 1.61 bits per heavy atom. The number of nitrogens with zero attached hydrogens (tertiary/aromatic N) is 3. The molecule has 2 aliphatic rings. The highest BCUT2D eigenvalue weighted by Crippen LogP contribution is 2.31. The summed E-state index contributed by atoms with van der Waals surface area (Å²) in [7, 11) is 6.71. The van der Waals surface area contributed by atoms with Crippen LogP contribution in [-0.4, -0.2) is 47.6 Å². The van der Waals surface area contributed by atoms with Crippen molar-refractivity contribution in [1.82, 2.24) is 14.4 Å². The summed E-state index contributed by atoms with van der Waals surface area (Å²) in [6.45, 7) is 3.47. The van der Waals surface area contributed by atoms with E-state index in [1.165, 1.54) is 73.8 Å². The second kappa shape index (κ2) is 11.3. The van der Waals surface area contributed by atoms with Gasteiger partial charge in [-0.15, -0.1) is 24.8 Å². The molecule has 1 aliphatic heterocycles. The average molecular weight is 489 g/mol. The third-order valence-electron chi connectivity index (χ3n) is 7.80. The molecule has 0 saturated carbocycles. The van der Waals surface area contributed by atoms with Gasteiger partial charge in [0.2, 0.25) is 0 Å². The summed E-state index contributed by atoms with van der Waals surface area (Å²) >= 11 is 0. The number of benzene rings is 2. The standard InChI is InChI=1S/C28H37N3.2ClH/c1-29(2)24-14-16-31(17-15-24)20-26-25-10-6-7-11-27(25)30(3)28(26)19-21-12-13-22-8-4-5-9-23(22)18-21;;/h6-7,10-13,18,24H,4-5,8-9,14-17,19-20H2,1-3H3;2*1H. The van der Waals surface area contributed by atoms with Gasteiger partial charge in [0.15, 0.2) is 0 Å². The van der Waals surface area contributed by atoms with Crippen molar-refractivity contribution in [2.75, 3.05) is 27.2 Å². The zero-order valence-corrected chi connectivity index (χ0v) is 22.0. The molecular formula is C28H39Cl2N3. The molecule has 0 N–H and O–H groups in total. The topological polar surface area (TPSA) is 11.4 Å². The Labute approximate surface area is 212 Å². The first-order valence-electron chi connectivity index (χ1n) is 12.1. The van der Waals surface area contributed by atoms with Gasteiger partial charge in [0, 0.05) is 42.7 Å². The highest BCUT2D eigenvalue weighted by atomic mass is 35.5. The lowest BCUT2D eigenvalue weighted by Gasteiger charge is -2.35. The van der Waals surface area contributed by atoms with Gasteiger partial charge in [-0.1, -0.05) is 36.4 Å². The molecule has 1 aromatic heterocycles. The van der Waals surface area contributed by atoms with Gasteiger partial charge in [-0.25, -0.2) is 0 Å². The minimum absolute atomic E-state index is 0. The first-order chi connectivity index (χ1) is 15.1. The highest BCUT2D eigenvalue weighted by Gasteiger charge is 2.23. The maximum absolute atomic E-state index is 2.68. The Morgan fingerprint density at radius 1 is 0.909 bits per heavy atom. The Balaban J connectivity index is 0.00000153. The molecule has 2 aromatic carbocycles. The number of hydrogen-bond donors (Lipinski definition) is 0. The van der Waals surface area contributed by atoms with E-state index in [-0.39, 0.29) is 24.8 Å². The van der Waals surface area contributed by atoms with E-state index in [2.05, 4.69) is 78.0 Å². The molecule has 2 heterocycles. The monoisotopic (exact) mass is 487 g/mol. The van der Waals surface area contributed by atoms with Crippen molar-refractivity contribution in [3.05, 3.63) is 70.4 Å². The average Bonchev–Trinajstić information content (AvgIpc) is 3.05. The number of aromatic nitrogens is 1. The largest absolute Gasteiger partial charge is 0.347 e. The molecule has 5 heteroatoms. The molecule has 3 nitrogen and oxygen atoms in total. The quantitative estimate of drug-likeness (QED) is 0.435. The second-order valence-corrected chi connectivity index (χ2v) is 9.96. The molecule has 3 aromatic rings. The molecule has 1 aliphatic carbocycles. The van der Waals surface area contributed by atoms with Crippen molar-refractivity contribution in [2.45, 2.75) is 57.5 Å². The normalized spacial score (nSPS) is 17.0. The summed E-state index contributed by atoms with van der Waals surface area (Å²) in [5, 5.41) is 1.44. The molecule has 0 atom stereocenters. The first kappa shape index (κ1) is 26.1. The van der Waals surface area contributed by atoms with Gasteiger partial charge < -0.3 is 9.47 Å². The summed E-state index contributed by atoms with van der Waals surface area (Å²) in [5.74, 6) is 0. The van der Waals surface area contributed by atoms with Crippen LogP contribution in [0.25, 0.3) is 10.9 Å². The van der Waals surface area contributed by atoms with Crippen LogP contribution in [0.1, 0.15) is 53.6 Å².